The molecule has 0 fully saturated rings. The van der Waals surface area contributed by atoms with Gasteiger partial charge in [-0.3, -0.25) is 4.90 Å². The monoisotopic (exact) mass is 260 g/mol. The molecule has 0 aliphatic heterocycles. The van der Waals surface area contributed by atoms with Crippen molar-refractivity contribution in [1.29, 1.82) is 0 Å². The first-order chi connectivity index (χ1) is 8.74. The number of hydrogen-bond donors (Lipinski definition) is 1. The van der Waals surface area contributed by atoms with Gasteiger partial charge < -0.3 is 14.8 Å². The summed E-state index contributed by atoms with van der Waals surface area (Å²) in [6.45, 7) is 8.01. The number of rotatable bonds is 12. The molecule has 0 spiro atoms. The molecule has 0 saturated heterocycles. The largest absolute Gasteiger partial charge is 0.383 e. The van der Waals surface area contributed by atoms with Gasteiger partial charge in [-0.15, -0.1) is 0 Å². The maximum Gasteiger partial charge on any atom is 0.0589 e. The first-order valence-corrected chi connectivity index (χ1v) is 7.14. The lowest BCUT2D eigenvalue weighted by atomic mass is 9.99. The van der Waals surface area contributed by atoms with Gasteiger partial charge in [0.15, 0.2) is 0 Å². The van der Waals surface area contributed by atoms with Crippen LogP contribution in [0.1, 0.15) is 33.1 Å². The molecule has 0 aromatic rings. The summed E-state index contributed by atoms with van der Waals surface area (Å²) >= 11 is 0. The van der Waals surface area contributed by atoms with Crippen molar-refractivity contribution in [2.24, 2.45) is 0 Å². The first-order valence-electron chi connectivity index (χ1n) is 7.14. The standard InChI is InChI=1S/C14H32N2O2/c1-6-8-13(15-3)14(7-2)16(9-11-17-4)10-12-18-5/h13-15H,6-12H2,1-5H3. The molecule has 0 amide bonds. The van der Waals surface area contributed by atoms with Crippen molar-refractivity contribution in [3.05, 3.63) is 0 Å². The lowest BCUT2D eigenvalue weighted by Crippen LogP contribution is -2.50. The second kappa shape index (κ2) is 11.9. The summed E-state index contributed by atoms with van der Waals surface area (Å²) in [5.41, 5.74) is 0. The van der Waals surface area contributed by atoms with E-state index in [9.17, 15) is 0 Å². The third-order valence-corrected chi connectivity index (χ3v) is 3.49. The van der Waals surface area contributed by atoms with Crippen molar-refractivity contribution in [2.75, 3.05) is 47.6 Å². The van der Waals surface area contributed by atoms with Crippen LogP contribution in [0.2, 0.25) is 0 Å². The molecular weight excluding hydrogens is 228 g/mol. The number of nitrogens with zero attached hydrogens (tertiary/aromatic N) is 1. The minimum Gasteiger partial charge on any atom is -0.383 e. The fraction of sp³-hybridized carbons (Fsp3) is 1.00. The van der Waals surface area contributed by atoms with Gasteiger partial charge in [0, 0.05) is 39.4 Å². The average molecular weight is 260 g/mol. The lowest BCUT2D eigenvalue weighted by molar-refractivity contribution is 0.0711. The summed E-state index contributed by atoms with van der Waals surface area (Å²) in [7, 11) is 5.59. The molecule has 0 aliphatic rings. The van der Waals surface area contributed by atoms with Crippen LogP contribution in [-0.4, -0.2) is 64.6 Å². The summed E-state index contributed by atoms with van der Waals surface area (Å²) in [6, 6.07) is 1.11. The summed E-state index contributed by atoms with van der Waals surface area (Å²) in [6.07, 6.45) is 3.58. The Bertz CT molecular complexity index is 171. The molecule has 0 aliphatic carbocycles. The number of methoxy groups -OCH3 is 2. The smallest absolute Gasteiger partial charge is 0.0589 e. The zero-order valence-corrected chi connectivity index (χ0v) is 12.9. The van der Waals surface area contributed by atoms with Gasteiger partial charge in [-0.2, -0.15) is 0 Å². The predicted molar refractivity (Wildman–Crippen MR) is 77.2 cm³/mol. The highest BCUT2D eigenvalue weighted by atomic mass is 16.5. The van der Waals surface area contributed by atoms with Gasteiger partial charge in [-0.05, 0) is 19.9 Å². The van der Waals surface area contributed by atoms with Gasteiger partial charge in [0.25, 0.3) is 0 Å². The Kier molecular flexibility index (Phi) is 11.8. The van der Waals surface area contributed by atoms with Crippen LogP contribution < -0.4 is 5.32 Å². The maximum absolute atomic E-state index is 5.22. The van der Waals surface area contributed by atoms with Crippen LogP contribution in [0.3, 0.4) is 0 Å². The van der Waals surface area contributed by atoms with Crippen LogP contribution in [0.15, 0.2) is 0 Å². The van der Waals surface area contributed by atoms with E-state index in [0.717, 1.165) is 32.7 Å². The second-order valence-corrected chi connectivity index (χ2v) is 4.68. The normalized spacial score (nSPS) is 15.0. The molecule has 0 radical (unpaired) electrons. The van der Waals surface area contributed by atoms with E-state index in [0.29, 0.717) is 12.1 Å². The Hall–Kier alpha value is -0.160. The highest BCUT2D eigenvalue weighted by Crippen LogP contribution is 2.13. The van der Waals surface area contributed by atoms with Crippen molar-refractivity contribution >= 4 is 0 Å². The first kappa shape index (κ1) is 17.8. The van der Waals surface area contributed by atoms with Gasteiger partial charge >= 0.3 is 0 Å². The van der Waals surface area contributed by atoms with E-state index in [1.54, 1.807) is 14.2 Å². The van der Waals surface area contributed by atoms with E-state index in [2.05, 4.69) is 31.1 Å². The van der Waals surface area contributed by atoms with Crippen LogP contribution in [0.4, 0.5) is 0 Å². The van der Waals surface area contributed by atoms with Gasteiger partial charge in [0.1, 0.15) is 0 Å². The van der Waals surface area contributed by atoms with Crippen molar-refractivity contribution < 1.29 is 9.47 Å². The van der Waals surface area contributed by atoms with E-state index in [1.165, 1.54) is 12.8 Å². The second-order valence-electron chi connectivity index (χ2n) is 4.68. The number of likely N-dealkylation sites (N-methyl/N-ethyl adjacent to an activating group) is 1. The SMILES string of the molecule is CCCC(NC)C(CC)N(CCOC)CCOC. The molecule has 110 valence electrons. The molecule has 2 unspecified atom stereocenters. The van der Waals surface area contributed by atoms with E-state index in [-0.39, 0.29) is 0 Å². The minimum atomic E-state index is 0.550. The van der Waals surface area contributed by atoms with E-state index < -0.39 is 0 Å². The molecule has 18 heavy (non-hydrogen) atoms. The van der Waals surface area contributed by atoms with Crippen molar-refractivity contribution in [1.82, 2.24) is 10.2 Å². The Morgan fingerprint density at radius 2 is 1.61 bits per heavy atom. The molecule has 0 saturated carbocycles. The van der Waals surface area contributed by atoms with Gasteiger partial charge in [0.05, 0.1) is 13.2 Å². The van der Waals surface area contributed by atoms with E-state index in [4.69, 9.17) is 9.47 Å². The molecule has 2 atom stereocenters. The fourth-order valence-electron chi connectivity index (χ4n) is 2.50. The van der Waals surface area contributed by atoms with Crippen LogP contribution in [0.25, 0.3) is 0 Å². The summed E-state index contributed by atoms with van der Waals surface area (Å²) in [4.78, 5) is 2.49. The minimum absolute atomic E-state index is 0.550. The molecule has 4 nitrogen and oxygen atoms in total. The third-order valence-electron chi connectivity index (χ3n) is 3.49. The van der Waals surface area contributed by atoms with Crippen LogP contribution >= 0.6 is 0 Å². The van der Waals surface area contributed by atoms with E-state index in [1.807, 2.05) is 0 Å². The summed E-state index contributed by atoms with van der Waals surface area (Å²) in [5.74, 6) is 0. The predicted octanol–water partition coefficient (Wildman–Crippen LogP) is 1.75. The summed E-state index contributed by atoms with van der Waals surface area (Å²) in [5, 5.41) is 3.46. The van der Waals surface area contributed by atoms with Gasteiger partial charge in [0.2, 0.25) is 0 Å². The van der Waals surface area contributed by atoms with Crippen molar-refractivity contribution in [2.45, 2.75) is 45.2 Å². The molecule has 0 heterocycles. The molecule has 4 heteroatoms. The topological polar surface area (TPSA) is 33.7 Å². The van der Waals surface area contributed by atoms with E-state index >= 15 is 0 Å². The molecule has 0 aromatic heterocycles. The van der Waals surface area contributed by atoms with Gasteiger partial charge in [-0.1, -0.05) is 20.3 Å². The third kappa shape index (κ3) is 6.69. The number of hydrogen-bond acceptors (Lipinski definition) is 4. The quantitative estimate of drug-likeness (QED) is 0.579. The maximum atomic E-state index is 5.22. The van der Waals surface area contributed by atoms with Crippen molar-refractivity contribution in [3.63, 3.8) is 0 Å². The highest BCUT2D eigenvalue weighted by Gasteiger charge is 2.23. The Morgan fingerprint density at radius 3 is 1.94 bits per heavy atom. The fourth-order valence-corrected chi connectivity index (χ4v) is 2.50. The van der Waals surface area contributed by atoms with Crippen LogP contribution in [-0.2, 0) is 9.47 Å². The van der Waals surface area contributed by atoms with Crippen LogP contribution in [0, 0.1) is 0 Å². The number of ether oxygens (including phenoxy) is 2. The lowest BCUT2D eigenvalue weighted by Gasteiger charge is -2.36. The molecule has 1 N–H and O–H groups in total. The Labute approximate surface area is 113 Å². The zero-order chi connectivity index (χ0) is 13.8. The van der Waals surface area contributed by atoms with Crippen molar-refractivity contribution in [3.8, 4) is 0 Å². The Balaban J connectivity index is 4.53. The highest BCUT2D eigenvalue weighted by molar-refractivity contribution is 4.82. The molecular formula is C14H32N2O2. The number of nitrogens with one attached hydrogen (secondary N) is 1. The summed E-state index contributed by atoms with van der Waals surface area (Å²) < 4.78 is 10.4. The average Bonchev–Trinajstić information content (AvgIpc) is 2.40. The molecule has 0 rings (SSSR count). The van der Waals surface area contributed by atoms with Crippen LogP contribution in [0.5, 0.6) is 0 Å². The molecule has 0 aromatic carbocycles. The van der Waals surface area contributed by atoms with Gasteiger partial charge in [-0.25, -0.2) is 0 Å². The Morgan fingerprint density at radius 1 is 1.06 bits per heavy atom. The molecule has 0 bridgehead atoms. The zero-order valence-electron chi connectivity index (χ0n) is 12.9.